The highest BCUT2D eigenvalue weighted by atomic mass is 32.1. The highest BCUT2D eigenvalue weighted by molar-refractivity contribution is 7.13. The molecule has 0 spiro atoms. The molecule has 0 saturated carbocycles. The third kappa shape index (κ3) is 2.65. The summed E-state index contributed by atoms with van der Waals surface area (Å²) in [5, 5.41) is 3.14. The van der Waals surface area contributed by atoms with E-state index in [0.29, 0.717) is 6.54 Å². The lowest BCUT2D eigenvalue weighted by atomic mass is 10.2. The van der Waals surface area contributed by atoms with Gasteiger partial charge in [-0.25, -0.2) is 4.98 Å². The number of anilines is 2. The van der Waals surface area contributed by atoms with Gasteiger partial charge in [0.05, 0.1) is 5.69 Å². The molecule has 0 fully saturated rings. The van der Waals surface area contributed by atoms with Gasteiger partial charge in [0.25, 0.3) is 0 Å². The normalized spacial score (nSPS) is 10.5. The first-order valence-electron chi connectivity index (χ1n) is 5.71. The maximum absolute atomic E-state index is 5.58. The van der Waals surface area contributed by atoms with Crippen LogP contribution in [0.25, 0.3) is 0 Å². The van der Waals surface area contributed by atoms with Gasteiger partial charge in [-0.2, -0.15) is 0 Å². The van der Waals surface area contributed by atoms with E-state index in [1.54, 1.807) is 11.3 Å². The fourth-order valence-corrected chi connectivity index (χ4v) is 2.47. The third-order valence-corrected chi connectivity index (χ3v) is 3.71. The lowest BCUT2D eigenvalue weighted by Crippen LogP contribution is -2.09. The van der Waals surface area contributed by atoms with Crippen molar-refractivity contribution in [2.24, 2.45) is 5.73 Å². The zero-order chi connectivity index (χ0) is 12.3. The number of aryl methyl sites for hydroxylation is 1. The minimum absolute atomic E-state index is 0.585. The number of aromatic nitrogens is 1. The van der Waals surface area contributed by atoms with Gasteiger partial charge in [0.2, 0.25) is 0 Å². The molecule has 2 N–H and O–H groups in total. The Morgan fingerprint density at radius 2 is 2.00 bits per heavy atom. The summed E-state index contributed by atoms with van der Waals surface area (Å²) in [6.07, 6.45) is 0.983. The van der Waals surface area contributed by atoms with Gasteiger partial charge >= 0.3 is 0 Å². The SMILES string of the molecule is CCc1csc(N(C)c2ccc(CN)cc2)n1. The molecule has 1 heterocycles. The molecule has 3 nitrogen and oxygen atoms in total. The number of hydrogen-bond donors (Lipinski definition) is 1. The fourth-order valence-electron chi connectivity index (χ4n) is 1.58. The first-order valence-corrected chi connectivity index (χ1v) is 6.59. The summed E-state index contributed by atoms with van der Waals surface area (Å²) in [5.41, 5.74) is 9.02. The Bertz CT molecular complexity index is 476. The molecule has 0 aliphatic heterocycles. The molecule has 0 radical (unpaired) electrons. The van der Waals surface area contributed by atoms with Crippen molar-refractivity contribution in [2.75, 3.05) is 11.9 Å². The Morgan fingerprint density at radius 3 is 2.53 bits per heavy atom. The predicted molar refractivity (Wildman–Crippen MR) is 73.9 cm³/mol. The van der Waals surface area contributed by atoms with Crippen molar-refractivity contribution in [1.29, 1.82) is 0 Å². The van der Waals surface area contributed by atoms with Crippen molar-refractivity contribution in [3.63, 3.8) is 0 Å². The fraction of sp³-hybridized carbons (Fsp3) is 0.308. The van der Waals surface area contributed by atoms with Gasteiger partial charge in [-0.1, -0.05) is 19.1 Å². The van der Waals surface area contributed by atoms with E-state index >= 15 is 0 Å². The molecule has 0 amide bonds. The molecule has 1 aromatic carbocycles. The Morgan fingerprint density at radius 1 is 1.29 bits per heavy atom. The molecule has 2 aromatic rings. The second kappa shape index (κ2) is 5.29. The Labute approximate surface area is 106 Å². The standard InChI is InChI=1S/C13H17N3S/c1-3-11-9-17-13(15-11)16(2)12-6-4-10(8-14)5-7-12/h4-7,9H,3,8,14H2,1-2H3. The van der Waals surface area contributed by atoms with Gasteiger partial charge < -0.3 is 10.6 Å². The van der Waals surface area contributed by atoms with Crippen molar-refractivity contribution >= 4 is 22.2 Å². The minimum Gasteiger partial charge on any atom is -0.326 e. The summed E-state index contributed by atoms with van der Waals surface area (Å²) in [6.45, 7) is 2.70. The molecular formula is C13H17N3S. The average Bonchev–Trinajstić information content (AvgIpc) is 2.87. The van der Waals surface area contributed by atoms with Crippen LogP contribution in [0, 0.1) is 0 Å². The molecule has 0 unspecified atom stereocenters. The van der Waals surface area contributed by atoms with Gasteiger partial charge in [0.15, 0.2) is 5.13 Å². The lowest BCUT2D eigenvalue weighted by Gasteiger charge is -2.16. The molecule has 0 bridgehead atoms. The van der Waals surface area contributed by atoms with Crippen LogP contribution < -0.4 is 10.6 Å². The quantitative estimate of drug-likeness (QED) is 0.903. The second-order valence-corrected chi connectivity index (χ2v) is 4.74. The lowest BCUT2D eigenvalue weighted by molar-refractivity contribution is 1.04. The van der Waals surface area contributed by atoms with Crippen LogP contribution in [-0.2, 0) is 13.0 Å². The Balaban J connectivity index is 2.20. The average molecular weight is 247 g/mol. The number of benzene rings is 1. The van der Waals surface area contributed by atoms with Crippen molar-refractivity contribution in [3.05, 3.63) is 40.9 Å². The molecule has 1 aromatic heterocycles. The van der Waals surface area contributed by atoms with Gasteiger partial charge in [-0.3, -0.25) is 0 Å². The maximum atomic E-state index is 5.58. The summed E-state index contributed by atoms with van der Waals surface area (Å²) in [6, 6.07) is 8.27. The van der Waals surface area contributed by atoms with Crippen LogP contribution in [-0.4, -0.2) is 12.0 Å². The van der Waals surface area contributed by atoms with E-state index in [-0.39, 0.29) is 0 Å². The Kier molecular flexibility index (Phi) is 3.76. The van der Waals surface area contributed by atoms with Crippen molar-refractivity contribution < 1.29 is 0 Å². The number of nitrogens with two attached hydrogens (primary N) is 1. The first kappa shape index (κ1) is 12.1. The van der Waals surface area contributed by atoms with Crippen molar-refractivity contribution in [1.82, 2.24) is 4.98 Å². The second-order valence-electron chi connectivity index (χ2n) is 3.90. The molecule has 4 heteroatoms. The van der Waals surface area contributed by atoms with Crippen LogP contribution in [0.4, 0.5) is 10.8 Å². The molecule has 2 rings (SSSR count). The summed E-state index contributed by atoms with van der Waals surface area (Å²) in [5.74, 6) is 0. The van der Waals surface area contributed by atoms with E-state index in [2.05, 4.69) is 46.5 Å². The summed E-state index contributed by atoms with van der Waals surface area (Å²) in [4.78, 5) is 6.67. The molecule has 0 aliphatic carbocycles. The van der Waals surface area contributed by atoms with Gasteiger partial charge in [0, 0.05) is 24.7 Å². The number of nitrogens with zero attached hydrogens (tertiary/aromatic N) is 2. The van der Waals surface area contributed by atoms with E-state index in [1.807, 2.05) is 7.05 Å². The molecular weight excluding hydrogens is 230 g/mol. The Hall–Kier alpha value is -1.39. The summed E-state index contributed by atoms with van der Waals surface area (Å²) >= 11 is 1.68. The van der Waals surface area contributed by atoms with E-state index < -0.39 is 0 Å². The van der Waals surface area contributed by atoms with Crippen LogP contribution in [0.3, 0.4) is 0 Å². The van der Waals surface area contributed by atoms with Crippen molar-refractivity contribution in [3.8, 4) is 0 Å². The van der Waals surface area contributed by atoms with Crippen LogP contribution >= 0.6 is 11.3 Å². The zero-order valence-corrected chi connectivity index (χ0v) is 11.0. The molecule has 0 atom stereocenters. The first-order chi connectivity index (χ1) is 8.24. The van der Waals surface area contributed by atoms with E-state index in [4.69, 9.17) is 5.73 Å². The highest BCUT2D eigenvalue weighted by Gasteiger charge is 2.08. The van der Waals surface area contributed by atoms with E-state index in [0.717, 1.165) is 28.5 Å². The van der Waals surface area contributed by atoms with Crippen molar-refractivity contribution in [2.45, 2.75) is 19.9 Å². The molecule has 0 aliphatic rings. The van der Waals surface area contributed by atoms with E-state index in [9.17, 15) is 0 Å². The zero-order valence-electron chi connectivity index (χ0n) is 10.2. The summed E-state index contributed by atoms with van der Waals surface area (Å²) in [7, 11) is 2.04. The molecule has 0 saturated heterocycles. The monoisotopic (exact) mass is 247 g/mol. The number of thiazole rings is 1. The minimum atomic E-state index is 0.585. The topological polar surface area (TPSA) is 42.1 Å². The van der Waals surface area contributed by atoms with Gasteiger partial charge in [-0.15, -0.1) is 11.3 Å². The smallest absolute Gasteiger partial charge is 0.189 e. The van der Waals surface area contributed by atoms with Crippen LogP contribution in [0.15, 0.2) is 29.6 Å². The largest absolute Gasteiger partial charge is 0.326 e. The molecule has 17 heavy (non-hydrogen) atoms. The predicted octanol–water partition coefficient (Wildman–Crippen LogP) is 2.93. The van der Waals surface area contributed by atoms with Gasteiger partial charge in [0.1, 0.15) is 0 Å². The van der Waals surface area contributed by atoms with Crippen LogP contribution in [0.1, 0.15) is 18.2 Å². The maximum Gasteiger partial charge on any atom is 0.189 e. The molecule has 90 valence electrons. The van der Waals surface area contributed by atoms with Crippen LogP contribution in [0.2, 0.25) is 0 Å². The third-order valence-electron chi connectivity index (χ3n) is 2.75. The summed E-state index contributed by atoms with van der Waals surface area (Å²) < 4.78 is 0. The highest BCUT2D eigenvalue weighted by Crippen LogP contribution is 2.27. The van der Waals surface area contributed by atoms with Crippen LogP contribution in [0.5, 0.6) is 0 Å². The van der Waals surface area contributed by atoms with E-state index in [1.165, 1.54) is 0 Å². The number of hydrogen-bond acceptors (Lipinski definition) is 4. The number of rotatable bonds is 4. The van der Waals surface area contributed by atoms with Gasteiger partial charge in [-0.05, 0) is 24.1 Å².